The predicted molar refractivity (Wildman–Crippen MR) is 115 cm³/mol. The SMILES string of the molecule is O=C(NCCCc1ccccc1)[C@@H]1CCCN(C(=O)c2cc3ccccc3[nH]2)C1. The van der Waals surface area contributed by atoms with Gasteiger partial charge in [0.1, 0.15) is 5.69 Å². The molecular formula is C24H27N3O2. The highest BCUT2D eigenvalue weighted by atomic mass is 16.2. The fourth-order valence-corrected chi connectivity index (χ4v) is 4.03. The number of H-pyrrole nitrogens is 1. The van der Waals surface area contributed by atoms with Gasteiger partial charge in [-0.1, -0.05) is 48.5 Å². The summed E-state index contributed by atoms with van der Waals surface area (Å²) >= 11 is 0. The first-order chi connectivity index (χ1) is 14.2. The highest BCUT2D eigenvalue weighted by Gasteiger charge is 2.29. The van der Waals surface area contributed by atoms with E-state index in [2.05, 4.69) is 22.4 Å². The lowest BCUT2D eigenvalue weighted by atomic mass is 9.96. The molecule has 1 fully saturated rings. The lowest BCUT2D eigenvalue weighted by Crippen LogP contribution is -2.45. The van der Waals surface area contributed by atoms with Crippen LogP contribution in [0.25, 0.3) is 10.9 Å². The van der Waals surface area contributed by atoms with Crippen LogP contribution in [0, 0.1) is 5.92 Å². The Morgan fingerprint density at radius 1 is 1.07 bits per heavy atom. The average Bonchev–Trinajstić information content (AvgIpc) is 3.21. The standard InChI is InChI=1S/C24H27N3O2/c28-23(25-14-6-10-18-8-2-1-3-9-18)20-12-7-15-27(17-20)24(29)22-16-19-11-4-5-13-21(19)26-22/h1-5,8-9,11,13,16,20,26H,6-7,10,12,14-15,17H2,(H,25,28)/t20-/m1/s1. The Bertz CT molecular complexity index is 947. The monoisotopic (exact) mass is 389 g/mol. The number of amides is 2. The van der Waals surface area contributed by atoms with E-state index in [1.165, 1.54) is 5.56 Å². The Morgan fingerprint density at radius 2 is 1.86 bits per heavy atom. The molecule has 2 aromatic carbocycles. The van der Waals surface area contributed by atoms with Gasteiger partial charge in [-0.05, 0) is 43.4 Å². The molecule has 3 aromatic rings. The first-order valence-electron chi connectivity index (χ1n) is 10.4. The summed E-state index contributed by atoms with van der Waals surface area (Å²) in [5.74, 6) is -0.0937. The summed E-state index contributed by atoms with van der Waals surface area (Å²) < 4.78 is 0. The first kappa shape index (κ1) is 19.2. The number of carbonyl (C=O) groups excluding carboxylic acids is 2. The molecule has 0 saturated carbocycles. The summed E-state index contributed by atoms with van der Waals surface area (Å²) in [6, 6.07) is 20.1. The van der Waals surface area contributed by atoms with Crippen molar-refractivity contribution in [2.24, 2.45) is 5.92 Å². The second-order valence-electron chi connectivity index (χ2n) is 7.74. The van der Waals surface area contributed by atoms with Crippen LogP contribution in [-0.2, 0) is 11.2 Å². The molecule has 0 aliphatic carbocycles. The second kappa shape index (κ2) is 8.95. The van der Waals surface area contributed by atoms with E-state index in [1.54, 1.807) is 0 Å². The predicted octanol–water partition coefficient (Wildman–Crippen LogP) is 3.77. The number of hydrogen-bond acceptors (Lipinski definition) is 2. The molecule has 1 aliphatic rings. The van der Waals surface area contributed by atoms with Gasteiger partial charge in [-0.25, -0.2) is 0 Å². The number of aromatic amines is 1. The summed E-state index contributed by atoms with van der Waals surface area (Å²) in [6.45, 7) is 1.85. The number of benzene rings is 2. The van der Waals surface area contributed by atoms with Gasteiger partial charge in [0.05, 0.1) is 5.92 Å². The number of likely N-dealkylation sites (tertiary alicyclic amines) is 1. The van der Waals surface area contributed by atoms with Crippen molar-refractivity contribution in [3.63, 3.8) is 0 Å². The van der Waals surface area contributed by atoms with Crippen molar-refractivity contribution < 1.29 is 9.59 Å². The summed E-state index contributed by atoms with van der Waals surface area (Å²) in [7, 11) is 0. The Morgan fingerprint density at radius 3 is 2.69 bits per heavy atom. The smallest absolute Gasteiger partial charge is 0.270 e. The van der Waals surface area contributed by atoms with Gasteiger partial charge in [0.15, 0.2) is 0 Å². The van der Waals surface area contributed by atoms with Crippen molar-refractivity contribution in [3.05, 3.63) is 71.9 Å². The molecule has 0 unspecified atom stereocenters. The van der Waals surface area contributed by atoms with Crippen molar-refractivity contribution in [2.45, 2.75) is 25.7 Å². The minimum Gasteiger partial charge on any atom is -0.356 e. The zero-order valence-corrected chi connectivity index (χ0v) is 16.6. The molecule has 5 heteroatoms. The minimum atomic E-state index is -0.131. The van der Waals surface area contributed by atoms with Crippen molar-refractivity contribution in [2.75, 3.05) is 19.6 Å². The Hall–Kier alpha value is -3.08. The molecule has 2 heterocycles. The molecule has 1 atom stereocenters. The van der Waals surface area contributed by atoms with Gasteiger partial charge in [-0.2, -0.15) is 0 Å². The average molecular weight is 389 g/mol. The van der Waals surface area contributed by atoms with Gasteiger partial charge in [0.2, 0.25) is 5.91 Å². The quantitative estimate of drug-likeness (QED) is 0.630. The van der Waals surface area contributed by atoms with E-state index in [9.17, 15) is 9.59 Å². The van der Waals surface area contributed by atoms with Crippen LogP contribution in [0.1, 0.15) is 35.3 Å². The van der Waals surface area contributed by atoms with Crippen LogP contribution in [0.2, 0.25) is 0 Å². The second-order valence-corrected chi connectivity index (χ2v) is 7.74. The van der Waals surface area contributed by atoms with Crippen molar-refractivity contribution in [1.82, 2.24) is 15.2 Å². The normalized spacial score (nSPS) is 16.7. The molecule has 1 aromatic heterocycles. The number of fused-ring (bicyclic) bond motifs is 1. The lowest BCUT2D eigenvalue weighted by molar-refractivity contribution is -0.126. The first-order valence-corrected chi connectivity index (χ1v) is 10.4. The Labute approximate surface area is 171 Å². The van der Waals surface area contributed by atoms with E-state index < -0.39 is 0 Å². The van der Waals surface area contributed by atoms with Crippen molar-refractivity contribution >= 4 is 22.7 Å². The molecule has 29 heavy (non-hydrogen) atoms. The highest BCUT2D eigenvalue weighted by molar-refractivity contribution is 5.98. The molecule has 1 aliphatic heterocycles. The number of nitrogens with one attached hydrogen (secondary N) is 2. The van der Waals surface area contributed by atoms with Crippen LogP contribution in [0.5, 0.6) is 0 Å². The zero-order chi connectivity index (χ0) is 20.1. The van der Waals surface area contributed by atoms with E-state index in [0.717, 1.165) is 36.6 Å². The fourth-order valence-electron chi connectivity index (χ4n) is 4.03. The van der Waals surface area contributed by atoms with Crippen LogP contribution in [0.15, 0.2) is 60.7 Å². The molecule has 4 rings (SSSR count). The van der Waals surface area contributed by atoms with Crippen LogP contribution < -0.4 is 5.32 Å². The number of hydrogen-bond donors (Lipinski definition) is 2. The van der Waals surface area contributed by atoms with Gasteiger partial charge >= 0.3 is 0 Å². The molecule has 2 amide bonds. The maximum atomic E-state index is 12.9. The third-order valence-corrected chi connectivity index (χ3v) is 5.62. The lowest BCUT2D eigenvalue weighted by Gasteiger charge is -2.31. The molecule has 5 nitrogen and oxygen atoms in total. The molecule has 1 saturated heterocycles. The highest BCUT2D eigenvalue weighted by Crippen LogP contribution is 2.21. The number of para-hydroxylation sites is 1. The van der Waals surface area contributed by atoms with Crippen molar-refractivity contribution in [3.8, 4) is 0 Å². The summed E-state index contributed by atoms with van der Waals surface area (Å²) in [5, 5.41) is 4.09. The van der Waals surface area contributed by atoms with E-state index in [4.69, 9.17) is 0 Å². The van der Waals surface area contributed by atoms with Gasteiger partial charge < -0.3 is 15.2 Å². The Balaban J connectivity index is 1.29. The van der Waals surface area contributed by atoms with E-state index in [0.29, 0.717) is 25.3 Å². The number of aryl methyl sites for hydroxylation is 1. The van der Waals surface area contributed by atoms with Gasteiger partial charge in [0.25, 0.3) is 5.91 Å². The maximum absolute atomic E-state index is 12.9. The Kier molecular flexibility index (Phi) is 5.94. The van der Waals surface area contributed by atoms with Crippen LogP contribution >= 0.6 is 0 Å². The number of carbonyl (C=O) groups is 2. The molecular weight excluding hydrogens is 362 g/mol. The number of aromatic nitrogens is 1. The van der Waals surface area contributed by atoms with Crippen LogP contribution in [0.3, 0.4) is 0 Å². The minimum absolute atomic E-state index is 0.0252. The largest absolute Gasteiger partial charge is 0.356 e. The van der Waals surface area contributed by atoms with Crippen molar-refractivity contribution in [1.29, 1.82) is 0 Å². The third kappa shape index (κ3) is 4.67. The number of nitrogens with zero attached hydrogens (tertiary/aromatic N) is 1. The molecule has 150 valence electrons. The number of rotatable bonds is 6. The fraction of sp³-hybridized carbons (Fsp3) is 0.333. The van der Waals surface area contributed by atoms with Gasteiger partial charge in [-0.15, -0.1) is 0 Å². The van der Waals surface area contributed by atoms with Gasteiger partial charge in [-0.3, -0.25) is 9.59 Å². The zero-order valence-electron chi connectivity index (χ0n) is 16.6. The molecule has 0 spiro atoms. The van der Waals surface area contributed by atoms with Gasteiger partial charge in [0, 0.05) is 30.5 Å². The van der Waals surface area contributed by atoms with Crippen LogP contribution in [-0.4, -0.2) is 41.3 Å². The summed E-state index contributed by atoms with van der Waals surface area (Å²) in [6.07, 6.45) is 3.56. The van der Waals surface area contributed by atoms with E-state index >= 15 is 0 Å². The molecule has 0 radical (unpaired) electrons. The third-order valence-electron chi connectivity index (χ3n) is 5.62. The van der Waals surface area contributed by atoms with E-state index in [-0.39, 0.29) is 17.7 Å². The summed E-state index contributed by atoms with van der Waals surface area (Å²) in [5.41, 5.74) is 2.84. The van der Waals surface area contributed by atoms with Crippen LogP contribution in [0.4, 0.5) is 0 Å². The topological polar surface area (TPSA) is 65.2 Å². The number of piperidine rings is 1. The molecule has 2 N–H and O–H groups in total. The maximum Gasteiger partial charge on any atom is 0.270 e. The molecule has 0 bridgehead atoms. The van der Waals surface area contributed by atoms with E-state index in [1.807, 2.05) is 53.4 Å². The summed E-state index contributed by atoms with van der Waals surface area (Å²) in [4.78, 5) is 30.5.